The molecule has 0 saturated heterocycles. The van der Waals surface area contributed by atoms with E-state index in [1.54, 1.807) is 0 Å². The van der Waals surface area contributed by atoms with E-state index in [2.05, 4.69) is 63.4 Å². The molecule has 1 aromatic carbocycles. The normalized spacial score (nSPS) is 10.7. The lowest BCUT2D eigenvalue weighted by molar-refractivity contribution is 0.881. The van der Waals surface area contributed by atoms with Gasteiger partial charge in [-0.25, -0.2) is 9.97 Å². The molecule has 20 heavy (non-hydrogen) atoms. The fourth-order valence-electron chi connectivity index (χ4n) is 1.82. The van der Waals surface area contributed by atoms with Crippen molar-refractivity contribution >= 4 is 33.3 Å². The minimum Gasteiger partial charge on any atom is -0.368 e. The summed E-state index contributed by atoms with van der Waals surface area (Å²) in [5.74, 6) is 2.36. The molecular weight excluding hydrogens is 316 g/mol. The SMILES string of the molecule is Cc1nc(Nc2ccc(C)c(Br)c2)cc(NC(C)C)n1. The lowest BCUT2D eigenvalue weighted by atomic mass is 10.2. The maximum atomic E-state index is 4.41. The summed E-state index contributed by atoms with van der Waals surface area (Å²) < 4.78 is 1.08. The van der Waals surface area contributed by atoms with Gasteiger partial charge in [-0.2, -0.15) is 0 Å². The topological polar surface area (TPSA) is 49.8 Å². The molecule has 0 aliphatic rings. The van der Waals surface area contributed by atoms with Gasteiger partial charge in [-0.3, -0.25) is 0 Å². The highest BCUT2D eigenvalue weighted by Gasteiger charge is 2.04. The number of hydrogen-bond donors (Lipinski definition) is 2. The number of nitrogens with one attached hydrogen (secondary N) is 2. The van der Waals surface area contributed by atoms with Gasteiger partial charge in [-0.1, -0.05) is 22.0 Å². The maximum absolute atomic E-state index is 4.41. The largest absolute Gasteiger partial charge is 0.368 e. The molecule has 0 fully saturated rings. The number of nitrogens with zero attached hydrogens (tertiary/aromatic N) is 2. The van der Waals surface area contributed by atoms with Gasteiger partial charge in [0.05, 0.1) is 0 Å². The molecule has 0 aliphatic carbocycles. The number of rotatable bonds is 4. The molecule has 0 saturated carbocycles. The van der Waals surface area contributed by atoms with E-state index in [-0.39, 0.29) is 0 Å². The third-order valence-corrected chi connectivity index (χ3v) is 3.57. The second-order valence-corrected chi connectivity index (χ2v) is 5.93. The molecule has 4 nitrogen and oxygen atoms in total. The first kappa shape index (κ1) is 14.8. The molecular formula is C15H19BrN4. The molecule has 2 rings (SSSR count). The van der Waals surface area contributed by atoms with Crippen LogP contribution in [0, 0.1) is 13.8 Å². The van der Waals surface area contributed by atoms with Crippen LogP contribution in [0.15, 0.2) is 28.7 Å². The number of halogens is 1. The van der Waals surface area contributed by atoms with Crippen molar-refractivity contribution in [1.29, 1.82) is 0 Å². The van der Waals surface area contributed by atoms with Gasteiger partial charge in [0.15, 0.2) is 0 Å². The van der Waals surface area contributed by atoms with Crippen LogP contribution >= 0.6 is 15.9 Å². The van der Waals surface area contributed by atoms with Crippen molar-refractivity contribution < 1.29 is 0 Å². The minimum absolute atomic E-state index is 0.339. The molecule has 0 amide bonds. The number of hydrogen-bond acceptors (Lipinski definition) is 4. The van der Waals surface area contributed by atoms with Gasteiger partial charge in [0.25, 0.3) is 0 Å². The number of aryl methyl sites for hydroxylation is 2. The van der Waals surface area contributed by atoms with E-state index in [1.807, 2.05) is 25.1 Å². The van der Waals surface area contributed by atoms with Crippen LogP contribution in [0.4, 0.5) is 17.3 Å². The predicted octanol–water partition coefficient (Wildman–Crippen LogP) is 4.42. The Morgan fingerprint density at radius 2 is 1.75 bits per heavy atom. The highest BCUT2D eigenvalue weighted by Crippen LogP contribution is 2.23. The van der Waals surface area contributed by atoms with Gasteiger partial charge >= 0.3 is 0 Å². The van der Waals surface area contributed by atoms with Crippen LogP contribution < -0.4 is 10.6 Å². The predicted molar refractivity (Wildman–Crippen MR) is 87.7 cm³/mol. The summed E-state index contributed by atoms with van der Waals surface area (Å²) in [5.41, 5.74) is 2.20. The van der Waals surface area contributed by atoms with Gasteiger partial charge in [-0.15, -0.1) is 0 Å². The van der Waals surface area contributed by atoms with Gasteiger partial charge in [0.1, 0.15) is 17.5 Å². The van der Waals surface area contributed by atoms with Gasteiger partial charge in [0.2, 0.25) is 0 Å². The van der Waals surface area contributed by atoms with Crippen molar-refractivity contribution in [3.8, 4) is 0 Å². The van der Waals surface area contributed by atoms with Crippen molar-refractivity contribution in [1.82, 2.24) is 9.97 Å². The smallest absolute Gasteiger partial charge is 0.136 e. The molecule has 0 atom stereocenters. The van der Waals surface area contributed by atoms with Crippen molar-refractivity contribution in [2.24, 2.45) is 0 Å². The average molecular weight is 335 g/mol. The van der Waals surface area contributed by atoms with Crippen LogP contribution in [-0.4, -0.2) is 16.0 Å². The fraction of sp³-hybridized carbons (Fsp3) is 0.333. The summed E-state index contributed by atoms with van der Waals surface area (Å²) in [7, 11) is 0. The van der Waals surface area contributed by atoms with E-state index in [1.165, 1.54) is 5.56 Å². The van der Waals surface area contributed by atoms with Crippen molar-refractivity contribution in [3.63, 3.8) is 0 Å². The average Bonchev–Trinajstić information content (AvgIpc) is 2.32. The molecule has 0 bridgehead atoms. The highest BCUT2D eigenvalue weighted by atomic mass is 79.9. The summed E-state index contributed by atoms with van der Waals surface area (Å²) in [4.78, 5) is 8.79. The standard InChI is InChI=1S/C15H19BrN4/c1-9(2)17-14-8-15(19-11(4)18-14)20-12-6-5-10(3)13(16)7-12/h5-9H,1-4H3,(H2,17,18,19,20). The van der Waals surface area contributed by atoms with Crippen LogP contribution in [0.5, 0.6) is 0 Å². The van der Waals surface area contributed by atoms with E-state index >= 15 is 0 Å². The Morgan fingerprint density at radius 3 is 2.40 bits per heavy atom. The molecule has 0 radical (unpaired) electrons. The Balaban J connectivity index is 2.24. The molecule has 2 aromatic rings. The Kier molecular flexibility index (Phi) is 4.60. The van der Waals surface area contributed by atoms with Crippen molar-refractivity contribution in [2.75, 3.05) is 10.6 Å². The van der Waals surface area contributed by atoms with Gasteiger partial charge in [-0.05, 0) is 45.4 Å². The first-order valence-electron chi connectivity index (χ1n) is 6.59. The molecule has 0 aliphatic heterocycles. The zero-order valence-electron chi connectivity index (χ0n) is 12.2. The molecule has 0 unspecified atom stereocenters. The van der Waals surface area contributed by atoms with Crippen LogP contribution in [0.3, 0.4) is 0 Å². The van der Waals surface area contributed by atoms with Crippen molar-refractivity contribution in [3.05, 3.63) is 40.1 Å². The van der Waals surface area contributed by atoms with E-state index in [4.69, 9.17) is 0 Å². The van der Waals surface area contributed by atoms with E-state index in [0.717, 1.165) is 27.6 Å². The summed E-state index contributed by atoms with van der Waals surface area (Å²) in [6, 6.07) is 8.40. The summed E-state index contributed by atoms with van der Waals surface area (Å²) in [6.45, 7) is 8.12. The number of benzene rings is 1. The second kappa shape index (κ2) is 6.22. The summed E-state index contributed by atoms with van der Waals surface area (Å²) in [5, 5.41) is 6.60. The summed E-state index contributed by atoms with van der Waals surface area (Å²) in [6.07, 6.45) is 0. The first-order chi connectivity index (χ1) is 9.44. The summed E-state index contributed by atoms with van der Waals surface area (Å²) >= 11 is 3.54. The lowest BCUT2D eigenvalue weighted by Crippen LogP contribution is -2.12. The zero-order chi connectivity index (χ0) is 14.7. The van der Waals surface area contributed by atoms with Crippen LogP contribution in [0.25, 0.3) is 0 Å². The monoisotopic (exact) mass is 334 g/mol. The molecule has 5 heteroatoms. The first-order valence-corrected chi connectivity index (χ1v) is 7.39. The number of anilines is 3. The van der Waals surface area contributed by atoms with Crippen LogP contribution in [0.1, 0.15) is 25.2 Å². The zero-order valence-corrected chi connectivity index (χ0v) is 13.7. The third kappa shape index (κ3) is 3.93. The van der Waals surface area contributed by atoms with Crippen molar-refractivity contribution in [2.45, 2.75) is 33.7 Å². The van der Waals surface area contributed by atoms with E-state index < -0.39 is 0 Å². The number of aromatic nitrogens is 2. The molecule has 1 heterocycles. The highest BCUT2D eigenvalue weighted by molar-refractivity contribution is 9.10. The van der Waals surface area contributed by atoms with E-state index in [0.29, 0.717) is 6.04 Å². The Labute approximate surface area is 128 Å². The Bertz CT molecular complexity index is 611. The molecule has 1 aromatic heterocycles. The van der Waals surface area contributed by atoms with Gasteiger partial charge < -0.3 is 10.6 Å². The van der Waals surface area contributed by atoms with Gasteiger partial charge in [0, 0.05) is 22.3 Å². The third-order valence-electron chi connectivity index (χ3n) is 2.72. The Hall–Kier alpha value is -1.62. The van der Waals surface area contributed by atoms with E-state index in [9.17, 15) is 0 Å². The molecule has 0 spiro atoms. The lowest BCUT2D eigenvalue weighted by Gasteiger charge is -2.12. The van der Waals surface area contributed by atoms with Crippen LogP contribution in [0.2, 0.25) is 0 Å². The Morgan fingerprint density at radius 1 is 1.05 bits per heavy atom. The molecule has 2 N–H and O–H groups in total. The minimum atomic E-state index is 0.339. The second-order valence-electron chi connectivity index (χ2n) is 5.07. The molecule has 106 valence electrons. The maximum Gasteiger partial charge on any atom is 0.136 e. The van der Waals surface area contributed by atoms with Crippen LogP contribution in [-0.2, 0) is 0 Å². The quantitative estimate of drug-likeness (QED) is 0.868. The fourth-order valence-corrected chi connectivity index (χ4v) is 2.20.